The maximum absolute atomic E-state index is 8.85. The van der Waals surface area contributed by atoms with Gasteiger partial charge in [-0.1, -0.05) is 17.7 Å². The topological polar surface area (TPSA) is 49.5 Å². The van der Waals surface area contributed by atoms with Crippen LogP contribution in [0.1, 0.15) is 5.56 Å². The van der Waals surface area contributed by atoms with Crippen LogP contribution < -0.4 is 10.6 Å². The van der Waals surface area contributed by atoms with E-state index in [2.05, 4.69) is 0 Å². The Hall–Kier alpha value is -0.770. The summed E-state index contributed by atoms with van der Waals surface area (Å²) in [5.74, 6) is 0. The molecule has 3 nitrogen and oxygen atoms in total. The molecule has 4 heteroatoms. The highest BCUT2D eigenvalue weighted by Gasteiger charge is 2.07. The second kappa shape index (κ2) is 5.35. The van der Waals surface area contributed by atoms with Crippen molar-refractivity contribution in [2.45, 2.75) is 12.5 Å². The Labute approximate surface area is 95.5 Å². The molecule has 3 N–H and O–H groups in total. The van der Waals surface area contributed by atoms with Crippen LogP contribution >= 0.6 is 11.6 Å². The number of benzene rings is 1. The minimum Gasteiger partial charge on any atom is -0.395 e. The molecule has 0 bridgehead atoms. The summed E-state index contributed by atoms with van der Waals surface area (Å²) < 4.78 is 0. The zero-order chi connectivity index (χ0) is 11.4. The van der Waals surface area contributed by atoms with Crippen LogP contribution in [-0.4, -0.2) is 31.9 Å². The van der Waals surface area contributed by atoms with Crippen molar-refractivity contribution in [1.29, 1.82) is 0 Å². The van der Waals surface area contributed by atoms with Gasteiger partial charge < -0.3 is 15.7 Å². The van der Waals surface area contributed by atoms with Gasteiger partial charge in [0.05, 0.1) is 6.61 Å². The third-order valence-corrected chi connectivity index (χ3v) is 2.62. The molecule has 0 amide bonds. The smallest absolute Gasteiger partial charge is 0.0585 e. The largest absolute Gasteiger partial charge is 0.395 e. The molecular weight excluding hydrogens is 212 g/mol. The number of rotatable bonds is 4. The van der Waals surface area contributed by atoms with Gasteiger partial charge in [0.2, 0.25) is 0 Å². The quantitative estimate of drug-likeness (QED) is 0.816. The van der Waals surface area contributed by atoms with Gasteiger partial charge in [0.1, 0.15) is 0 Å². The lowest BCUT2D eigenvalue weighted by Gasteiger charge is -2.15. The summed E-state index contributed by atoms with van der Waals surface area (Å²) in [6.45, 7) is -0.0221. The highest BCUT2D eigenvalue weighted by Crippen LogP contribution is 2.23. The SMILES string of the molecule is CN(C)c1ccc(CC(N)CO)c(Cl)c1. The molecule has 1 aromatic rings. The fourth-order valence-electron chi connectivity index (χ4n) is 1.33. The van der Waals surface area contributed by atoms with Gasteiger partial charge in [-0.25, -0.2) is 0 Å². The van der Waals surface area contributed by atoms with Gasteiger partial charge in [-0.3, -0.25) is 0 Å². The Balaban J connectivity index is 2.83. The first-order chi connectivity index (χ1) is 7.04. The van der Waals surface area contributed by atoms with E-state index in [0.717, 1.165) is 11.3 Å². The molecule has 1 rings (SSSR count). The molecule has 0 heterocycles. The fraction of sp³-hybridized carbons (Fsp3) is 0.455. The van der Waals surface area contributed by atoms with E-state index in [1.807, 2.05) is 37.2 Å². The summed E-state index contributed by atoms with van der Waals surface area (Å²) in [7, 11) is 3.93. The van der Waals surface area contributed by atoms with Crippen LogP contribution in [0.25, 0.3) is 0 Å². The number of nitrogens with zero attached hydrogens (tertiary/aromatic N) is 1. The maximum Gasteiger partial charge on any atom is 0.0585 e. The van der Waals surface area contributed by atoms with E-state index in [0.29, 0.717) is 11.4 Å². The third-order valence-electron chi connectivity index (χ3n) is 2.27. The number of anilines is 1. The minimum absolute atomic E-state index is 0.0221. The zero-order valence-electron chi connectivity index (χ0n) is 9.07. The molecule has 0 saturated carbocycles. The molecule has 0 aliphatic rings. The van der Waals surface area contributed by atoms with Crippen molar-refractivity contribution in [1.82, 2.24) is 0 Å². The van der Waals surface area contributed by atoms with Crippen LogP contribution in [0.15, 0.2) is 18.2 Å². The van der Waals surface area contributed by atoms with Crippen LogP contribution in [0.4, 0.5) is 5.69 Å². The summed E-state index contributed by atoms with van der Waals surface area (Å²) in [5, 5.41) is 9.55. The molecule has 15 heavy (non-hydrogen) atoms. The van der Waals surface area contributed by atoms with Crippen LogP contribution in [0.2, 0.25) is 5.02 Å². The first kappa shape index (κ1) is 12.3. The lowest BCUT2D eigenvalue weighted by Crippen LogP contribution is -2.26. The Kier molecular flexibility index (Phi) is 4.39. The Morgan fingerprint density at radius 2 is 2.13 bits per heavy atom. The van der Waals surface area contributed by atoms with Gasteiger partial charge in [-0.05, 0) is 24.1 Å². The fourth-order valence-corrected chi connectivity index (χ4v) is 1.58. The maximum atomic E-state index is 8.85. The van der Waals surface area contributed by atoms with Gasteiger partial charge in [0.25, 0.3) is 0 Å². The predicted molar refractivity (Wildman–Crippen MR) is 64.5 cm³/mol. The number of aliphatic hydroxyl groups is 1. The molecule has 1 aromatic carbocycles. The van der Waals surface area contributed by atoms with Gasteiger partial charge >= 0.3 is 0 Å². The number of aliphatic hydroxyl groups excluding tert-OH is 1. The Morgan fingerprint density at radius 3 is 2.60 bits per heavy atom. The van der Waals surface area contributed by atoms with E-state index in [1.54, 1.807) is 0 Å². The van der Waals surface area contributed by atoms with Crippen molar-refractivity contribution in [2.24, 2.45) is 5.73 Å². The normalized spacial score (nSPS) is 12.6. The third kappa shape index (κ3) is 3.38. The highest BCUT2D eigenvalue weighted by atomic mass is 35.5. The molecule has 0 aliphatic carbocycles. The van der Waals surface area contributed by atoms with Crippen molar-refractivity contribution in [2.75, 3.05) is 25.6 Å². The average molecular weight is 229 g/mol. The van der Waals surface area contributed by atoms with Crippen molar-refractivity contribution in [3.05, 3.63) is 28.8 Å². The summed E-state index contributed by atoms with van der Waals surface area (Å²) in [5.41, 5.74) is 7.69. The van der Waals surface area contributed by atoms with Crippen LogP contribution in [0, 0.1) is 0 Å². The molecule has 1 unspecified atom stereocenters. The second-order valence-electron chi connectivity index (χ2n) is 3.82. The summed E-state index contributed by atoms with van der Waals surface area (Å²) in [6.07, 6.45) is 0.600. The van der Waals surface area contributed by atoms with Crippen molar-refractivity contribution >= 4 is 17.3 Å². The number of halogens is 1. The number of hydrogen-bond donors (Lipinski definition) is 2. The lowest BCUT2D eigenvalue weighted by molar-refractivity contribution is 0.265. The van der Waals surface area contributed by atoms with Crippen molar-refractivity contribution < 1.29 is 5.11 Å². The monoisotopic (exact) mass is 228 g/mol. The van der Waals surface area contributed by atoms with E-state index in [4.69, 9.17) is 22.4 Å². The van der Waals surface area contributed by atoms with E-state index in [9.17, 15) is 0 Å². The lowest BCUT2D eigenvalue weighted by atomic mass is 10.1. The van der Waals surface area contributed by atoms with E-state index < -0.39 is 0 Å². The first-order valence-corrected chi connectivity index (χ1v) is 5.24. The molecule has 0 fully saturated rings. The molecule has 0 aliphatic heterocycles. The molecule has 1 atom stereocenters. The molecular formula is C11H17ClN2O. The standard InChI is InChI=1S/C11H17ClN2O/c1-14(2)10-4-3-8(11(12)6-10)5-9(13)7-15/h3-4,6,9,15H,5,7,13H2,1-2H3. The van der Waals surface area contributed by atoms with Crippen molar-refractivity contribution in [3.8, 4) is 0 Å². The summed E-state index contributed by atoms with van der Waals surface area (Å²) in [6, 6.07) is 5.60. The van der Waals surface area contributed by atoms with Gasteiger partial charge in [0, 0.05) is 30.8 Å². The Morgan fingerprint density at radius 1 is 1.47 bits per heavy atom. The van der Waals surface area contributed by atoms with Crippen LogP contribution in [0.3, 0.4) is 0 Å². The van der Waals surface area contributed by atoms with Crippen molar-refractivity contribution in [3.63, 3.8) is 0 Å². The zero-order valence-corrected chi connectivity index (χ0v) is 9.83. The number of hydrogen-bond acceptors (Lipinski definition) is 3. The molecule has 0 aromatic heterocycles. The van der Waals surface area contributed by atoms with E-state index in [-0.39, 0.29) is 12.6 Å². The average Bonchev–Trinajstić information content (AvgIpc) is 2.20. The Bertz CT molecular complexity index is 328. The van der Waals surface area contributed by atoms with Gasteiger partial charge in [0.15, 0.2) is 0 Å². The van der Waals surface area contributed by atoms with E-state index in [1.165, 1.54) is 0 Å². The highest BCUT2D eigenvalue weighted by molar-refractivity contribution is 6.31. The van der Waals surface area contributed by atoms with Gasteiger partial charge in [-0.15, -0.1) is 0 Å². The molecule has 0 radical (unpaired) electrons. The molecule has 0 saturated heterocycles. The summed E-state index contributed by atoms with van der Waals surface area (Å²) >= 11 is 6.11. The second-order valence-corrected chi connectivity index (χ2v) is 4.22. The molecule has 84 valence electrons. The summed E-state index contributed by atoms with van der Waals surface area (Å²) in [4.78, 5) is 1.99. The minimum atomic E-state index is -0.243. The number of nitrogens with two attached hydrogens (primary N) is 1. The predicted octanol–water partition coefficient (Wildman–Crippen LogP) is 1.27. The van der Waals surface area contributed by atoms with Gasteiger partial charge in [-0.2, -0.15) is 0 Å². The van der Waals surface area contributed by atoms with E-state index >= 15 is 0 Å². The first-order valence-electron chi connectivity index (χ1n) is 4.86. The van der Waals surface area contributed by atoms with Crippen LogP contribution in [-0.2, 0) is 6.42 Å². The van der Waals surface area contributed by atoms with Crippen LogP contribution in [0.5, 0.6) is 0 Å². The molecule has 0 spiro atoms.